The van der Waals surface area contributed by atoms with Gasteiger partial charge in [0.15, 0.2) is 6.10 Å². The van der Waals surface area contributed by atoms with Gasteiger partial charge < -0.3 is 14.6 Å². The van der Waals surface area contributed by atoms with E-state index in [9.17, 15) is 14.7 Å². The molecule has 0 rings (SSSR count). The molecule has 0 aromatic carbocycles. The monoisotopic (exact) mass is 660 g/mol. The standard InChI is InChI=1S/C43H64O5/c1-3-5-7-9-11-13-15-17-19-21-23-25-27-29-31-33-35-37-42(45)47-40-41(39-44)48-43(46)38-36-34-32-30-28-26-24-22-20-18-16-14-12-10-8-6-4-2/h5-8,11-14,17-20,23-26,29-32,41,44H,3-4,9-10,15-16,21-22,27-28,33-40H2,1-2H3/t41-/m0/s1. The summed E-state index contributed by atoms with van der Waals surface area (Å²) in [5, 5.41) is 9.52. The maximum absolute atomic E-state index is 12.1. The molecule has 0 saturated heterocycles. The number of rotatable bonds is 30. The summed E-state index contributed by atoms with van der Waals surface area (Å²) in [5.74, 6) is -0.744. The summed E-state index contributed by atoms with van der Waals surface area (Å²) >= 11 is 0. The zero-order valence-electron chi connectivity index (χ0n) is 29.9. The van der Waals surface area contributed by atoms with E-state index in [0.717, 1.165) is 77.0 Å². The molecule has 0 radical (unpaired) electrons. The van der Waals surface area contributed by atoms with Crippen molar-refractivity contribution in [2.75, 3.05) is 13.2 Å². The summed E-state index contributed by atoms with van der Waals surface area (Å²) in [7, 11) is 0. The summed E-state index contributed by atoms with van der Waals surface area (Å²) < 4.78 is 10.5. The lowest BCUT2D eigenvalue weighted by atomic mass is 10.2. The number of aliphatic hydroxyl groups excluding tert-OH is 1. The molecule has 1 atom stereocenters. The molecule has 0 aliphatic heterocycles. The van der Waals surface area contributed by atoms with Crippen LogP contribution >= 0.6 is 0 Å². The first-order chi connectivity index (χ1) is 23.6. The van der Waals surface area contributed by atoms with Gasteiger partial charge in [0, 0.05) is 12.8 Å². The van der Waals surface area contributed by atoms with Gasteiger partial charge >= 0.3 is 11.9 Å². The zero-order chi connectivity index (χ0) is 35.0. The normalized spacial score (nSPS) is 13.6. The van der Waals surface area contributed by atoms with Crippen LogP contribution < -0.4 is 0 Å². The molecule has 0 aliphatic carbocycles. The first kappa shape index (κ1) is 44.3. The first-order valence-electron chi connectivity index (χ1n) is 18.1. The molecule has 0 bridgehead atoms. The molecular weight excluding hydrogens is 596 g/mol. The fourth-order valence-electron chi connectivity index (χ4n) is 4.09. The Labute approximate surface area is 293 Å². The van der Waals surface area contributed by atoms with Gasteiger partial charge in [-0.05, 0) is 89.9 Å². The molecule has 5 nitrogen and oxygen atoms in total. The molecule has 0 spiro atoms. The van der Waals surface area contributed by atoms with Crippen molar-refractivity contribution in [3.05, 3.63) is 122 Å². The Hall–Kier alpha value is -3.70. The summed E-state index contributed by atoms with van der Waals surface area (Å²) in [5.41, 5.74) is 0. The van der Waals surface area contributed by atoms with E-state index in [4.69, 9.17) is 9.47 Å². The van der Waals surface area contributed by atoms with Crippen LogP contribution in [0.2, 0.25) is 0 Å². The van der Waals surface area contributed by atoms with Gasteiger partial charge in [-0.1, -0.05) is 135 Å². The summed E-state index contributed by atoms with van der Waals surface area (Å²) in [6.07, 6.45) is 55.5. The highest BCUT2D eigenvalue weighted by atomic mass is 16.6. The highest BCUT2D eigenvalue weighted by Gasteiger charge is 2.15. The Morgan fingerprint density at radius 3 is 1.12 bits per heavy atom. The lowest BCUT2D eigenvalue weighted by Crippen LogP contribution is -2.28. The van der Waals surface area contributed by atoms with Gasteiger partial charge in [0.2, 0.25) is 0 Å². The predicted octanol–water partition coefficient (Wildman–Crippen LogP) is 11.3. The van der Waals surface area contributed by atoms with E-state index in [0.29, 0.717) is 12.8 Å². The second kappa shape index (κ2) is 37.8. The van der Waals surface area contributed by atoms with E-state index >= 15 is 0 Å². The van der Waals surface area contributed by atoms with E-state index in [1.807, 2.05) is 0 Å². The molecule has 0 aliphatic rings. The van der Waals surface area contributed by atoms with Crippen LogP contribution in [0.4, 0.5) is 0 Å². The van der Waals surface area contributed by atoms with E-state index in [-0.39, 0.29) is 32.0 Å². The van der Waals surface area contributed by atoms with Crippen molar-refractivity contribution < 1.29 is 24.2 Å². The van der Waals surface area contributed by atoms with E-state index in [2.05, 4.69) is 135 Å². The van der Waals surface area contributed by atoms with E-state index < -0.39 is 12.1 Å². The fourth-order valence-corrected chi connectivity index (χ4v) is 4.09. The van der Waals surface area contributed by atoms with Crippen molar-refractivity contribution in [1.82, 2.24) is 0 Å². The number of carbonyl (C=O) groups excluding carboxylic acids is 2. The first-order valence-corrected chi connectivity index (χ1v) is 18.1. The maximum Gasteiger partial charge on any atom is 0.306 e. The number of hydrogen-bond acceptors (Lipinski definition) is 5. The minimum Gasteiger partial charge on any atom is -0.462 e. The van der Waals surface area contributed by atoms with Crippen LogP contribution in [0.25, 0.3) is 0 Å². The van der Waals surface area contributed by atoms with Crippen LogP contribution in [-0.2, 0) is 19.1 Å². The third kappa shape index (κ3) is 35.2. The van der Waals surface area contributed by atoms with Crippen LogP contribution in [-0.4, -0.2) is 36.4 Å². The van der Waals surface area contributed by atoms with Gasteiger partial charge in [-0.25, -0.2) is 0 Å². The molecule has 0 aromatic rings. The number of ether oxygens (including phenoxy) is 2. The second-order valence-electron chi connectivity index (χ2n) is 11.2. The summed E-state index contributed by atoms with van der Waals surface area (Å²) in [6, 6.07) is 0. The van der Waals surface area contributed by atoms with Gasteiger partial charge in [0.25, 0.3) is 0 Å². The quantitative estimate of drug-likeness (QED) is 0.0471. The molecule has 266 valence electrons. The number of carbonyl (C=O) groups is 2. The van der Waals surface area contributed by atoms with Crippen molar-refractivity contribution in [1.29, 1.82) is 0 Å². The van der Waals surface area contributed by atoms with Gasteiger partial charge in [-0.15, -0.1) is 0 Å². The number of allylic oxidation sites excluding steroid dienone is 20. The van der Waals surface area contributed by atoms with Gasteiger partial charge in [-0.3, -0.25) is 9.59 Å². The van der Waals surface area contributed by atoms with Crippen molar-refractivity contribution in [2.45, 2.75) is 123 Å². The Balaban J connectivity index is 3.83. The number of hydrogen-bond donors (Lipinski definition) is 1. The predicted molar refractivity (Wildman–Crippen MR) is 205 cm³/mol. The van der Waals surface area contributed by atoms with E-state index in [1.54, 1.807) is 0 Å². The molecule has 0 saturated carbocycles. The van der Waals surface area contributed by atoms with Crippen LogP contribution in [0.3, 0.4) is 0 Å². The highest BCUT2D eigenvalue weighted by Crippen LogP contribution is 2.06. The van der Waals surface area contributed by atoms with Crippen molar-refractivity contribution in [3.8, 4) is 0 Å². The average Bonchev–Trinajstić information content (AvgIpc) is 3.09. The maximum atomic E-state index is 12.1. The van der Waals surface area contributed by atoms with Crippen LogP contribution in [0.15, 0.2) is 122 Å². The van der Waals surface area contributed by atoms with Crippen molar-refractivity contribution in [3.63, 3.8) is 0 Å². The van der Waals surface area contributed by atoms with Gasteiger partial charge in [0.05, 0.1) is 6.61 Å². The number of aliphatic hydroxyl groups is 1. The Bertz CT molecular complexity index is 1060. The Morgan fingerprint density at radius 2 is 0.792 bits per heavy atom. The topological polar surface area (TPSA) is 72.8 Å². The average molecular weight is 661 g/mol. The SMILES string of the molecule is CCC=CCC=CCC=CCC=CCC=CCCCC(=O)OC[C@H](CO)OC(=O)CCCC=CCC=CCC=CCC=CCC=CCC. The van der Waals surface area contributed by atoms with Gasteiger partial charge in [-0.2, -0.15) is 0 Å². The molecule has 0 fully saturated rings. The lowest BCUT2D eigenvalue weighted by Gasteiger charge is -2.15. The zero-order valence-corrected chi connectivity index (χ0v) is 29.9. The minimum atomic E-state index is -0.832. The fraction of sp³-hybridized carbons (Fsp3) is 0.488. The summed E-state index contributed by atoms with van der Waals surface area (Å²) in [4.78, 5) is 24.2. The van der Waals surface area contributed by atoms with E-state index in [1.165, 1.54) is 0 Å². The Kier molecular flexibility index (Phi) is 34.8. The molecule has 5 heteroatoms. The highest BCUT2D eigenvalue weighted by molar-refractivity contribution is 5.70. The van der Waals surface area contributed by atoms with Gasteiger partial charge in [0.1, 0.15) is 6.61 Å². The van der Waals surface area contributed by atoms with Crippen LogP contribution in [0.1, 0.15) is 117 Å². The van der Waals surface area contributed by atoms with Crippen molar-refractivity contribution >= 4 is 11.9 Å². The molecule has 0 amide bonds. The lowest BCUT2D eigenvalue weighted by molar-refractivity contribution is -0.161. The Morgan fingerprint density at radius 1 is 0.479 bits per heavy atom. The smallest absolute Gasteiger partial charge is 0.306 e. The molecule has 48 heavy (non-hydrogen) atoms. The molecule has 0 heterocycles. The molecule has 1 N–H and O–H groups in total. The number of esters is 2. The molecule has 0 aromatic heterocycles. The van der Waals surface area contributed by atoms with Crippen LogP contribution in [0, 0.1) is 0 Å². The van der Waals surface area contributed by atoms with Crippen molar-refractivity contribution in [2.24, 2.45) is 0 Å². The molecular formula is C43H64O5. The summed E-state index contributed by atoms with van der Waals surface area (Å²) in [6.45, 7) is 3.77. The largest absolute Gasteiger partial charge is 0.462 e. The minimum absolute atomic E-state index is 0.127. The third-order valence-corrected chi connectivity index (χ3v) is 6.75. The van der Waals surface area contributed by atoms with Crippen LogP contribution in [0.5, 0.6) is 0 Å². The molecule has 0 unspecified atom stereocenters. The third-order valence-electron chi connectivity index (χ3n) is 6.75. The second-order valence-corrected chi connectivity index (χ2v) is 11.2. The number of unbranched alkanes of at least 4 members (excludes halogenated alkanes) is 2.